The standard InChI is InChI=1S/C18H27NO4/c1-2-3-4-5-6-7-18(21)19-13-15(20)14-8-9-16-17(12-14)23-11-10-22-16/h8-9,12,15,20H,2-7,10-11,13H2,1H3,(H,19,21)/t15-/m1/s1. The van der Waals surface area contributed by atoms with Gasteiger partial charge in [0.05, 0.1) is 6.10 Å². The minimum absolute atomic E-state index is 0.00177. The predicted octanol–water partition coefficient (Wildman–Crippen LogP) is 2.97. The summed E-state index contributed by atoms with van der Waals surface area (Å²) in [5.74, 6) is 1.34. The number of aliphatic hydroxyl groups is 1. The van der Waals surface area contributed by atoms with Gasteiger partial charge in [-0.3, -0.25) is 4.79 Å². The summed E-state index contributed by atoms with van der Waals surface area (Å²) in [5, 5.41) is 13.0. The van der Waals surface area contributed by atoms with Crippen molar-refractivity contribution in [3.63, 3.8) is 0 Å². The Balaban J connectivity index is 1.72. The molecule has 0 fully saturated rings. The van der Waals surface area contributed by atoms with Gasteiger partial charge in [0.1, 0.15) is 13.2 Å². The molecule has 2 rings (SSSR count). The zero-order chi connectivity index (χ0) is 16.5. The Bertz CT molecular complexity index is 504. The fourth-order valence-corrected chi connectivity index (χ4v) is 2.57. The quantitative estimate of drug-likeness (QED) is 0.686. The number of unbranched alkanes of at least 4 members (excludes halogenated alkanes) is 4. The highest BCUT2D eigenvalue weighted by atomic mass is 16.6. The average Bonchev–Trinajstić information content (AvgIpc) is 2.59. The van der Waals surface area contributed by atoms with Crippen LogP contribution in [-0.2, 0) is 4.79 Å². The molecular weight excluding hydrogens is 294 g/mol. The van der Waals surface area contributed by atoms with Crippen LogP contribution in [-0.4, -0.2) is 30.8 Å². The molecule has 2 N–H and O–H groups in total. The van der Waals surface area contributed by atoms with Gasteiger partial charge in [-0.05, 0) is 24.1 Å². The highest BCUT2D eigenvalue weighted by Crippen LogP contribution is 2.32. The Morgan fingerprint density at radius 2 is 1.91 bits per heavy atom. The number of benzene rings is 1. The highest BCUT2D eigenvalue weighted by molar-refractivity contribution is 5.75. The third-order valence-corrected chi connectivity index (χ3v) is 3.95. The van der Waals surface area contributed by atoms with Crippen LogP contribution in [0.5, 0.6) is 11.5 Å². The van der Waals surface area contributed by atoms with Crippen molar-refractivity contribution in [2.75, 3.05) is 19.8 Å². The minimum atomic E-state index is -0.741. The van der Waals surface area contributed by atoms with Crippen LogP contribution in [0.3, 0.4) is 0 Å². The zero-order valence-electron chi connectivity index (χ0n) is 13.8. The first-order valence-corrected chi connectivity index (χ1v) is 8.55. The van der Waals surface area contributed by atoms with Crippen molar-refractivity contribution < 1.29 is 19.4 Å². The SMILES string of the molecule is CCCCCCCC(=O)NC[C@@H](O)c1ccc2c(c1)OCCO2. The van der Waals surface area contributed by atoms with Crippen molar-refractivity contribution in [3.8, 4) is 11.5 Å². The van der Waals surface area contributed by atoms with Crippen LogP contribution in [0, 0.1) is 0 Å². The number of nitrogens with one attached hydrogen (secondary N) is 1. The number of carbonyl (C=O) groups excluding carboxylic acids is 1. The molecule has 0 aliphatic carbocycles. The number of amides is 1. The monoisotopic (exact) mass is 321 g/mol. The van der Waals surface area contributed by atoms with Gasteiger partial charge in [0.2, 0.25) is 5.91 Å². The number of aliphatic hydroxyl groups excluding tert-OH is 1. The predicted molar refractivity (Wildman–Crippen MR) is 88.8 cm³/mol. The van der Waals surface area contributed by atoms with Crippen LogP contribution < -0.4 is 14.8 Å². The summed E-state index contributed by atoms with van der Waals surface area (Å²) in [6.45, 7) is 3.45. The molecule has 0 unspecified atom stereocenters. The molecule has 5 heteroatoms. The van der Waals surface area contributed by atoms with Gasteiger partial charge in [-0.1, -0.05) is 38.7 Å². The molecule has 0 aromatic heterocycles. The largest absolute Gasteiger partial charge is 0.486 e. The number of hydrogen-bond donors (Lipinski definition) is 2. The zero-order valence-corrected chi connectivity index (χ0v) is 13.8. The van der Waals surface area contributed by atoms with Crippen molar-refractivity contribution in [3.05, 3.63) is 23.8 Å². The van der Waals surface area contributed by atoms with Crippen LogP contribution >= 0.6 is 0 Å². The van der Waals surface area contributed by atoms with Gasteiger partial charge in [0.15, 0.2) is 11.5 Å². The lowest BCUT2D eigenvalue weighted by molar-refractivity contribution is -0.121. The van der Waals surface area contributed by atoms with Crippen LogP contribution in [0.2, 0.25) is 0 Å². The number of carbonyl (C=O) groups is 1. The fourth-order valence-electron chi connectivity index (χ4n) is 2.57. The molecule has 5 nitrogen and oxygen atoms in total. The summed E-state index contributed by atoms with van der Waals surface area (Å²) in [4.78, 5) is 11.8. The number of hydrogen-bond acceptors (Lipinski definition) is 4. The Kier molecular flexibility index (Phi) is 7.20. The Morgan fingerprint density at radius 1 is 1.17 bits per heavy atom. The van der Waals surface area contributed by atoms with E-state index in [1.165, 1.54) is 19.3 Å². The molecule has 1 aromatic rings. The molecule has 1 heterocycles. The lowest BCUT2D eigenvalue weighted by Crippen LogP contribution is -2.28. The van der Waals surface area contributed by atoms with Crippen molar-refractivity contribution >= 4 is 5.91 Å². The second kappa shape index (κ2) is 9.40. The van der Waals surface area contributed by atoms with E-state index in [1.807, 2.05) is 0 Å². The van der Waals surface area contributed by atoms with Gasteiger partial charge in [-0.2, -0.15) is 0 Å². The van der Waals surface area contributed by atoms with E-state index in [1.54, 1.807) is 18.2 Å². The van der Waals surface area contributed by atoms with Gasteiger partial charge in [-0.25, -0.2) is 0 Å². The van der Waals surface area contributed by atoms with Gasteiger partial charge < -0.3 is 19.9 Å². The number of ether oxygens (including phenoxy) is 2. The molecule has 23 heavy (non-hydrogen) atoms. The maximum atomic E-state index is 11.8. The lowest BCUT2D eigenvalue weighted by Gasteiger charge is -2.20. The summed E-state index contributed by atoms with van der Waals surface area (Å²) in [6, 6.07) is 5.37. The first-order chi connectivity index (χ1) is 11.2. The van der Waals surface area contributed by atoms with Crippen LogP contribution in [0.4, 0.5) is 0 Å². The minimum Gasteiger partial charge on any atom is -0.486 e. The molecule has 1 atom stereocenters. The van der Waals surface area contributed by atoms with Crippen LogP contribution in [0.15, 0.2) is 18.2 Å². The third-order valence-electron chi connectivity index (χ3n) is 3.95. The van der Waals surface area contributed by atoms with Gasteiger partial charge in [0, 0.05) is 13.0 Å². The third kappa shape index (κ3) is 5.75. The van der Waals surface area contributed by atoms with Crippen molar-refractivity contribution in [2.24, 2.45) is 0 Å². The molecule has 1 amide bonds. The Labute approximate surface area is 138 Å². The summed E-state index contributed by atoms with van der Waals surface area (Å²) in [5.41, 5.74) is 0.720. The molecule has 0 spiro atoms. The topological polar surface area (TPSA) is 67.8 Å². The first-order valence-electron chi connectivity index (χ1n) is 8.55. The van der Waals surface area contributed by atoms with Crippen molar-refractivity contribution in [1.29, 1.82) is 0 Å². The van der Waals surface area contributed by atoms with Gasteiger partial charge >= 0.3 is 0 Å². The second-order valence-electron chi connectivity index (χ2n) is 5.89. The molecule has 128 valence electrons. The summed E-state index contributed by atoms with van der Waals surface area (Å²) in [6.07, 6.45) is 5.40. The smallest absolute Gasteiger partial charge is 0.220 e. The summed E-state index contributed by atoms with van der Waals surface area (Å²) < 4.78 is 11.0. The maximum Gasteiger partial charge on any atom is 0.220 e. The first kappa shape index (κ1) is 17.6. The highest BCUT2D eigenvalue weighted by Gasteiger charge is 2.15. The van der Waals surface area contributed by atoms with E-state index >= 15 is 0 Å². The molecule has 1 aliphatic rings. The lowest BCUT2D eigenvalue weighted by atomic mass is 10.1. The average molecular weight is 321 g/mol. The molecule has 0 saturated carbocycles. The maximum absolute atomic E-state index is 11.8. The van der Waals surface area contributed by atoms with Crippen molar-refractivity contribution in [2.45, 2.75) is 51.6 Å². The molecule has 1 aliphatic heterocycles. The van der Waals surface area contributed by atoms with E-state index in [0.29, 0.717) is 31.1 Å². The number of fused-ring (bicyclic) bond motifs is 1. The van der Waals surface area contributed by atoms with Gasteiger partial charge in [0.25, 0.3) is 0 Å². The van der Waals surface area contributed by atoms with E-state index in [0.717, 1.165) is 18.4 Å². The van der Waals surface area contributed by atoms with E-state index < -0.39 is 6.10 Å². The van der Waals surface area contributed by atoms with E-state index in [4.69, 9.17) is 9.47 Å². The van der Waals surface area contributed by atoms with Crippen LogP contribution in [0.25, 0.3) is 0 Å². The van der Waals surface area contributed by atoms with E-state index in [-0.39, 0.29) is 12.5 Å². The van der Waals surface area contributed by atoms with Crippen LogP contribution in [0.1, 0.15) is 57.1 Å². The molecule has 0 saturated heterocycles. The fraction of sp³-hybridized carbons (Fsp3) is 0.611. The Morgan fingerprint density at radius 3 is 2.70 bits per heavy atom. The second-order valence-corrected chi connectivity index (χ2v) is 5.89. The molecular formula is C18H27NO4. The van der Waals surface area contributed by atoms with Gasteiger partial charge in [-0.15, -0.1) is 0 Å². The number of rotatable bonds is 9. The molecule has 0 bridgehead atoms. The van der Waals surface area contributed by atoms with E-state index in [9.17, 15) is 9.90 Å². The summed E-state index contributed by atoms with van der Waals surface area (Å²) >= 11 is 0. The normalized spacial score (nSPS) is 14.3. The molecule has 1 aromatic carbocycles. The summed E-state index contributed by atoms with van der Waals surface area (Å²) in [7, 11) is 0. The van der Waals surface area contributed by atoms with Crippen molar-refractivity contribution in [1.82, 2.24) is 5.32 Å². The Hall–Kier alpha value is -1.75. The molecule has 0 radical (unpaired) electrons. The van der Waals surface area contributed by atoms with E-state index in [2.05, 4.69) is 12.2 Å².